The van der Waals surface area contributed by atoms with Gasteiger partial charge in [0.05, 0.1) is 15.6 Å². The van der Waals surface area contributed by atoms with Crippen molar-refractivity contribution in [1.82, 2.24) is 0 Å². The molecule has 2 rings (SSSR count). The summed E-state index contributed by atoms with van der Waals surface area (Å²) in [6, 6.07) is 6.89. The first kappa shape index (κ1) is 12.0. The molecule has 5 heteroatoms. The second-order valence-electron chi connectivity index (χ2n) is 3.17. The molecule has 1 N–H and O–H groups in total. The Balaban J connectivity index is 2.55. The first-order valence-electron chi connectivity index (χ1n) is 4.46. The molecule has 0 fully saturated rings. The predicted molar refractivity (Wildman–Crippen MR) is 67.8 cm³/mol. The maximum atomic E-state index is 8.91. The van der Waals surface area contributed by atoms with E-state index in [1.54, 1.807) is 24.3 Å². The summed E-state index contributed by atoms with van der Waals surface area (Å²) in [6.45, 7) is -0.147. The summed E-state index contributed by atoms with van der Waals surface area (Å²) in [5.74, 6) is 1.02. The van der Waals surface area contributed by atoms with Crippen molar-refractivity contribution in [2.24, 2.45) is 0 Å². The van der Waals surface area contributed by atoms with E-state index in [0.29, 0.717) is 27.1 Å². The minimum absolute atomic E-state index is 0.147. The second-order valence-corrected chi connectivity index (χ2v) is 4.90. The molecule has 0 amide bonds. The molecule has 16 heavy (non-hydrogen) atoms. The molecule has 0 saturated heterocycles. The van der Waals surface area contributed by atoms with Gasteiger partial charge < -0.3 is 9.52 Å². The maximum absolute atomic E-state index is 8.91. The minimum Gasteiger partial charge on any atom is -0.459 e. The minimum atomic E-state index is -0.147. The molecule has 0 aliphatic rings. The standard InChI is InChI=1S/C11H7BrCl2O2/c12-6-3-8(13)11(9(14)4-6)10-2-1-7(5-15)16-10/h1-4,15H,5H2. The highest BCUT2D eigenvalue weighted by atomic mass is 79.9. The number of furan rings is 1. The summed E-state index contributed by atoms with van der Waals surface area (Å²) < 4.78 is 6.19. The number of rotatable bonds is 2. The molecule has 0 spiro atoms. The lowest BCUT2D eigenvalue weighted by Crippen LogP contribution is -1.80. The van der Waals surface area contributed by atoms with Gasteiger partial charge in [-0.3, -0.25) is 0 Å². The third-order valence-corrected chi connectivity index (χ3v) is 3.12. The highest BCUT2D eigenvalue weighted by Crippen LogP contribution is 2.37. The molecule has 0 aliphatic heterocycles. The monoisotopic (exact) mass is 320 g/mol. The highest BCUT2D eigenvalue weighted by Gasteiger charge is 2.13. The number of hydrogen-bond donors (Lipinski definition) is 1. The van der Waals surface area contributed by atoms with Gasteiger partial charge in [0.25, 0.3) is 0 Å². The first-order chi connectivity index (χ1) is 7.61. The fraction of sp³-hybridized carbons (Fsp3) is 0.0909. The van der Waals surface area contributed by atoms with Crippen LogP contribution in [0.5, 0.6) is 0 Å². The topological polar surface area (TPSA) is 33.4 Å². The van der Waals surface area contributed by atoms with Crippen LogP contribution in [0.2, 0.25) is 10.0 Å². The van der Waals surface area contributed by atoms with Gasteiger partial charge >= 0.3 is 0 Å². The van der Waals surface area contributed by atoms with Crippen molar-refractivity contribution in [1.29, 1.82) is 0 Å². The van der Waals surface area contributed by atoms with E-state index in [9.17, 15) is 0 Å². The Bertz CT molecular complexity index is 499. The van der Waals surface area contributed by atoms with E-state index in [2.05, 4.69) is 15.9 Å². The molecule has 0 bridgehead atoms. The fourth-order valence-corrected chi connectivity index (χ4v) is 2.77. The summed E-state index contributed by atoms with van der Waals surface area (Å²) in [4.78, 5) is 0. The van der Waals surface area contributed by atoms with Gasteiger partial charge in [-0.2, -0.15) is 0 Å². The molecule has 0 aliphatic carbocycles. The van der Waals surface area contributed by atoms with E-state index in [1.165, 1.54) is 0 Å². The van der Waals surface area contributed by atoms with Gasteiger partial charge in [0.15, 0.2) is 0 Å². The van der Waals surface area contributed by atoms with Crippen LogP contribution in [0.4, 0.5) is 0 Å². The number of aliphatic hydroxyl groups is 1. The largest absolute Gasteiger partial charge is 0.459 e. The SMILES string of the molecule is OCc1ccc(-c2c(Cl)cc(Br)cc2Cl)o1. The summed E-state index contributed by atoms with van der Waals surface area (Å²) in [7, 11) is 0. The fourth-order valence-electron chi connectivity index (χ4n) is 1.37. The highest BCUT2D eigenvalue weighted by molar-refractivity contribution is 9.10. The Morgan fingerprint density at radius 1 is 1.19 bits per heavy atom. The molecule has 1 aromatic heterocycles. The molecule has 0 atom stereocenters. The van der Waals surface area contributed by atoms with Gasteiger partial charge in [0.1, 0.15) is 18.1 Å². The zero-order valence-electron chi connectivity index (χ0n) is 8.01. The van der Waals surface area contributed by atoms with Crippen LogP contribution in [0.3, 0.4) is 0 Å². The predicted octanol–water partition coefficient (Wildman–Crippen LogP) is 4.51. The molecule has 0 saturated carbocycles. The maximum Gasteiger partial charge on any atom is 0.137 e. The summed E-state index contributed by atoms with van der Waals surface area (Å²) in [6.07, 6.45) is 0. The Morgan fingerprint density at radius 3 is 2.31 bits per heavy atom. The average molecular weight is 322 g/mol. The van der Waals surface area contributed by atoms with Crippen molar-refractivity contribution in [2.45, 2.75) is 6.61 Å². The van der Waals surface area contributed by atoms with Crippen molar-refractivity contribution in [3.05, 3.63) is 44.5 Å². The molecule has 84 valence electrons. The van der Waals surface area contributed by atoms with Crippen LogP contribution in [0.15, 0.2) is 33.2 Å². The van der Waals surface area contributed by atoms with Crippen LogP contribution in [0.1, 0.15) is 5.76 Å². The van der Waals surface area contributed by atoms with Gasteiger partial charge in [0, 0.05) is 4.47 Å². The van der Waals surface area contributed by atoms with E-state index in [0.717, 1.165) is 4.47 Å². The van der Waals surface area contributed by atoms with Crippen LogP contribution < -0.4 is 0 Å². The summed E-state index contributed by atoms with van der Waals surface area (Å²) in [5.41, 5.74) is 0.631. The Hall–Kier alpha value is -0.480. The Kier molecular flexibility index (Phi) is 3.60. The van der Waals surface area contributed by atoms with Crippen molar-refractivity contribution in [3.63, 3.8) is 0 Å². The van der Waals surface area contributed by atoms with Gasteiger partial charge in [-0.05, 0) is 24.3 Å². The lowest BCUT2D eigenvalue weighted by Gasteiger charge is -2.04. The van der Waals surface area contributed by atoms with E-state index >= 15 is 0 Å². The van der Waals surface area contributed by atoms with E-state index < -0.39 is 0 Å². The van der Waals surface area contributed by atoms with Crippen molar-refractivity contribution >= 4 is 39.1 Å². The number of benzene rings is 1. The van der Waals surface area contributed by atoms with E-state index in [1.807, 2.05) is 0 Å². The smallest absolute Gasteiger partial charge is 0.137 e. The van der Waals surface area contributed by atoms with Gasteiger partial charge in [-0.1, -0.05) is 39.1 Å². The average Bonchev–Trinajstić information content (AvgIpc) is 2.64. The zero-order chi connectivity index (χ0) is 11.7. The van der Waals surface area contributed by atoms with Crippen LogP contribution in [0.25, 0.3) is 11.3 Å². The molecule has 2 nitrogen and oxygen atoms in total. The van der Waals surface area contributed by atoms with E-state index in [-0.39, 0.29) is 6.61 Å². The van der Waals surface area contributed by atoms with Crippen LogP contribution >= 0.6 is 39.1 Å². The van der Waals surface area contributed by atoms with E-state index in [4.69, 9.17) is 32.7 Å². The van der Waals surface area contributed by atoms with Crippen molar-refractivity contribution in [2.75, 3.05) is 0 Å². The zero-order valence-corrected chi connectivity index (χ0v) is 11.1. The molecule has 0 radical (unpaired) electrons. The Labute approximate surface area is 111 Å². The molecule has 1 heterocycles. The van der Waals surface area contributed by atoms with Crippen LogP contribution in [-0.2, 0) is 6.61 Å². The lowest BCUT2D eigenvalue weighted by atomic mass is 10.2. The first-order valence-corrected chi connectivity index (χ1v) is 6.01. The van der Waals surface area contributed by atoms with Crippen LogP contribution in [-0.4, -0.2) is 5.11 Å². The molecular formula is C11H7BrCl2O2. The molecular weight excluding hydrogens is 315 g/mol. The summed E-state index contributed by atoms with van der Waals surface area (Å²) in [5, 5.41) is 9.91. The van der Waals surface area contributed by atoms with Gasteiger partial charge in [0.2, 0.25) is 0 Å². The van der Waals surface area contributed by atoms with Crippen LogP contribution in [0, 0.1) is 0 Å². The van der Waals surface area contributed by atoms with Crippen molar-refractivity contribution in [3.8, 4) is 11.3 Å². The number of aliphatic hydroxyl groups excluding tert-OH is 1. The third-order valence-electron chi connectivity index (χ3n) is 2.07. The second kappa shape index (κ2) is 4.80. The number of halogens is 3. The Morgan fingerprint density at radius 2 is 1.81 bits per heavy atom. The summed E-state index contributed by atoms with van der Waals surface area (Å²) >= 11 is 15.5. The van der Waals surface area contributed by atoms with Crippen molar-refractivity contribution < 1.29 is 9.52 Å². The third kappa shape index (κ3) is 2.28. The molecule has 2 aromatic rings. The van der Waals surface area contributed by atoms with Gasteiger partial charge in [-0.15, -0.1) is 0 Å². The lowest BCUT2D eigenvalue weighted by molar-refractivity contribution is 0.248. The molecule has 0 unspecified atom stereocenters. The van der Waals surface area contributed by atoms with Gasteiger partial charge in [-0.25, -0.2) is 0 Å². The molecule has 1 aromatic carbocycles. The normalized spacial score (nSPS) is 10.8. The quantitative estimate of drug-likeness (QED) is 0.883. The number of hydrogen-bond acceptors (Lipinski definition) is 2.